The first-order valence-electron chi connectivity index (χ1n) is 8.76. The minimum atomic E-state index is 0.244. The van der Waals surface area contributed by atoms with E-state index in [4.69, 9.17) is 4.52 Å². The standard InChI is InChI=1S/C20H20N4O2/c25-18-10-5-11-24(18)14-16-7-4-6-15(12-16)13-21-20-22-19(26-23-20)17-8-2-1-3-9-17/h1-4,6-9,12H,5,10-11,13-14H2,(H,21,23). The molecule has 1 aliphatic rings. The van der Waals surface area contributed by atoms with Crippen molar-refractivity contribution in [2.75, 3.05) is 11.9 Å². The largest absolute Gasteiger partial charge is 0.347 e. The van der Waals surface area contributed by atoms with Gasteiger partial charge in [0.1, 0.15) is 0 Å². The SMILES string of the molecule is O=C1CCCN1Cc1cccc(CNc2noc(-c3ccccc3)n2)c1. The fraction of sp³-hybridized carbons (Fsp3) is 0.250. The maximum Gasteiger partial charge on any atom is 0.264 e. The summed E-state index contributed by atoms with van der Waals surface area (Å²) in [5.74, 6) is 1.20. The Hall–Kier alpha value is -3.15. The van der Waals surface area contributed by atoms with Crippen LogP contribution in [0.3, 0.4) is 0 Å². The van der Waals surface area contributed by atoms with E-state index in [2.05, 4.69) is 27.6 Å². The smallest absolute Gasteiger partial charge is 0.264 e. The molecule has 1 aliphatic heterocycles. The van der Waals surface area contributed by atoms with Crippen LogP contribution < -0.4 is 5.32 Å². The van der Waals surface area contributed by atoms with Crippen molar-refractivity contribution in [3.05, 3.63) is 65.7 Å². The maximum absolute atomic E-state index is 11.8. The Bertz CT molecular complexity index is 892. The Balaban J connectivity index is 1.38. The van der Waals surface area contributed by atoms with Gasteiger partial charge in [-0.1, -0.05) is 42.5 Å². The molecule has 1 fully saturated rings. The molecule has 1 saturated heterocycles. The Morgan fingerprint density at radius 2 is 1.92 bits per heavy atom. The summed E-state index contributed by atoms with van der Waals surface area (Å²) in [6.07, 6.45) is 1.63. The molecule has 1 amide bonds. The lowest BCUT2D eigenvalue weighted by Gasteiger charge is -2.16. The van der Waals surface area contributed by atoms with Gasteiger partial charge in [0.25, 0.3) is 11.8 Å². The zero-order valence-electron chi connectivity index (χ0n) is 14.4. The number of hydrogen-bond donors (Lipinski definition) is 1. The van der Waals surface area contributed by atoms with Crippen molar-refractivity contribution in [3.8, 4) is 11.5 Å². The molecular formula is C20H20N4O2. The molecule has 0 aliphatic carbocycles. The topological polar surface area (TPSA) is 71.3 Å². The average molecular weight is 348 g/mol. The molecule has 132 valence electrons. The van der Waals surface area contributed by atoms with Crippen molar-refractivity contribution in [1.29, 1.82) is 0 Å². The number of rotatable bonds is 6. The van der Waals surface area contributed by atoms with Gasteiger partial charge < -0.3 is 14.7 Å². The molecule has 0 saturated carbocycles. The number of carbonyl (C=O) groups is 1. The minimum absolute atomic E-state index is 0.244. The van der Waals surface area contributed by atoms with E-state index in [1.807, 2.05) is 47.4 Å². The number of benzene rings is 2. The van der Waals surface area contributed by atoms with Crippen molar-refractivity contribution < 1.29 is 9.32 Å². The lowest BCUT2D eigenvalue weighted by atomic mass is 10.1. The van der Waals surface area contributed by atoms with Crippen molar-refractivity contribution in [1.82, 2.24) is 15.0 Å². The number of carbonyl (C=O) groups excluding carboxylic acids is 1. The quantitative estimate of drug-likeness (QED) is 0.738. The fourth-order valence-corrected chi connectivity index (χ4v) is 3.10. The lowest BCUT2D eigenvalue weighted by molar-refractivity contribution is -0.128. The van der Waals surface area contributed by atoms with Gasteiger partial charge in [-0.2, -0.15) is 4.98 Å². The van der Waals surface area contributed by atoms with Crippen molar-refractivity contribution in [2.45, 2.75) is 25.9 Å². The molecule has 1 aromatic heterocycles. The first-order valence-corrected chi connectivity index (χ1v) is 8.76. The second kappa shape index (κ2) is 7.39. The molecule has 0 unspecified atom stereocenters. The highest BCUT2D eigenvalue weighted by Gasteiger charge is 2.19. The van der Waals surface area contributed by atoms with Crippen LogP contribution in [0.1, 0.15) is 24.0 Å². The molecule has 6 nitrogen and oxygen atoms in total. The Kier molecular flexibility index (Phi) is 4.64. The molecule has 0 spiro atoms. The summed E-state index contributed by atoms with van der Waals surface area (Å²) in [6, 6.07) is 17.9. The van der Waals surface area contributed by atoms with Gasteiger partial charge in [-0.15, -0.1) is 0 Å². The number of nitrogens with one attached hydrogen (secondary N) is 1. The summed E-state index contributed by atoms with van der Waals surface area (Å²) in [5, 5.41) is 7.16. The molecule has 1 N–H and O–H groups in total. The first kappa shape index (κ1) is 16.3. The van der Waals surface area contributed by atoms with Crippen LogP contribution in [-0.2, 0) is 17.9 Å². The normalized spacial score (nSPS) is 14.0. The Labute approximate surface area is 151 Å². The third kappa shape index (κ3) is 3.74. The highest BCUT2D eigenvalue weighted by molar-refractivity contribution is 5.78. The zero-order valence-corrected chi connectivity index (χ0v) is 14.4. The van der Waals surface area contributed by atoms with Gasteiger partial charge in [-0.3, -0.25) is 4.79 Å². The van der Waals surface area contributed by atoms with Crippen LogP contribution in [0.5, 0.6) is 0 Å². The van der Waals surface area contributed by atoms with Crippen LogP contribution in [0.15, 0.2) is 59.1 Å². The number of nitrogens with zero attached hydrogens (tertiary/aromatic N) is 3. The monoisotopic (exact) mass is 348 g/mol. The molecule has 0 radical (unpaired) electrons. The highest BCUT2D eigenvalue weighted by Crippen LogP contribution is 2.19. The summed E-state index contributed by atoms with van der Waals surface area (Å²) in [5.41, 5.74) is 3.14. The molecule has 2 heterocycles. The predicted molar refractivity (Wildman–Crippen MR) is 98.2 cm³/mol. The Morgan fingerprint density at radius 3 is 2.73 bits per heavy atom. The molecule has 4 rings (SSSR count). The van der Waals surface area contributed by atoms with Gasteiger partial charge in [0.05, 0.1) is 0 Å². The molecule has 2 aromatic carbocycles. The van der Waals surface area contributed by atoms with Crippen LogP contribution in [0, 0.1) is 0 Å². The van der Waals surface area contributed by atoms with E-state index in [9.17, 15) is 4.79 Å². The summed E-state index contributed by atoms with van der Waals surface area (Å²) >= 11 is 0. The number of aromatic nitrogens is 2. The lowest BCUT2D eigenvalue weighted by Crippen LogP contribution is -2.23. The molecule has 6 heteroatoms. The molecule has 0 bridgehead atoms. The van der Waals surface area contributed by atoms with Gasteiger partial charge >= 0.3 is 0 Å². The van der Waals surface area contributed by atoms with Gasteiger partial charge in [0.15, 0.2) is 0 Å². The van der Waals surface area contributed by atoms with E-state index in [1.165, 1.54) is 0 Å². The second-order valence-corrected chi connectivity index (χ2v) is 6.38. The van der Waals surface area contributed by atoms with E-state index < -0.39 is 0 Å². The highest BCUT2D eigenvalue weighted by atomic mass is 16.5. The zero-order chi connectivity index (χ0) is 17.8. The van der Waals surface area contributed by atoms with Gasteiger partial charge in [-0.25, -0.2) is 0 Å². The summed E-state index contributed by atoms with van der Waals surface area (Å²) in [4.78, 5) is 18.1. The van der Waals surface area contributed by atoms with Gasteiger partial charge in [-0.05, 0) is 34.8 Å². The average Bonchev–Trinajstić information content (AvgIpc) is 3.31. The number of likely N-dealkylation sites (tertiary alicyclic amines) is 1. The van der Waals surface area contributed by atoms with Crippen molar-refractivity contribution in [3.63, 3.8) is 0 Å². The Morgan fingerprint density at radius 1 is 1.08 bits per heavy atom. The van der Waals surface area contributed by atoms with E-state index in [0.29, 0.717) is 31.3 Å². The minimum Gasteiger partial charge on any atom is -0.347 e. The van der Waals surface area contributed by atoms with E-state index in [-0.39, 0.29) is 5.91 Å². The maximum atomic E-state index is 11.8. The van der Waals surface area contributed by atoms with Gasteiger partial charge in [0.2, 0.25) is 5.91 Å². The molecular weight excluding hydrogens is 328 g/mol. The van der Waals surface area contributed by atoms with Crippen LogP contribution in [0.4, 0.5) is 5.95 Å². The van der Waals surface area contributed by atoms with Crippen LogP contribution in [-0.4, -0.2) is 27.5 Å². The second-order valence-electron chi connectivity index (χ2n) is 6.38. The van der Waals surface area contributed by atoms with Crippen LogP contribution in [0.2, 0.25) is 0 Å². The number of anilines is 1. The number of amides is 1. The van der Waals surface area contributed by atoms with E-state index in [1.54, 1.807) is 0 Å². The fourth-order valence-electron chi connectivity index (χ4n) is 3.10. The third-order valence-electron chi connectivity index (χ3n) is 4.43. The summed E-state index contributed by atoms with van der Waals surface area (Å²) in [6.45, 7) is 2.12. The summed E-state index contributed by atoms with van der Waals surface area (Å²) in [7, 11) is 0. The van der Waals surface area contributed by atoms with Crippen molar-refractivity contribution in [2.24, 2.45) is 0 Å². The molecule has 3 aromatic rings. The molecule has 26 heavy (non-hydrogen) atoms. The number of hydrogen-bond acceptors (Lipinski definition) is 5. The van der Waals surface area contributed by atoms with E-state index in [0.717, 1.165) is 29.7 Å². The van der Waals surface area contributed by atoms with Crippen LogP contribution in [0.25, 0.3) is 11.5 Å². The van der Waals surface area contributed by atoms with Crippen molar-refractivity contribution >= 4 is 11.9 Å². The first-order chi connectivity index (χ1) is 12.8. The van der Waals surface area contributed by atoms with Crippen LogP contribution >= 0.6 is 0 Å². The van der Waals surface area contributed by atoms with E-state index >= 15 is 0 Å². The molecule has 0 atom stereocenters. The summed E-state index contributed by atoms with van der Waals surface area (Å²) < 4.78 is 5.30. The third-order valence-corrected chi connectivity index (χ3v) is 4.43. The predicted octanol–water partition coefficient (Wildman–Crippen LogP) is 3.47. The van der Waals surface area contributed by atoms with Gasteiger partial charge in [0, 0.05) is 31.6 Å².